The fourth-order valence-corrected chi connectivity index (χ4v) is 4.04. The molecule has 0 amide bonds. The monoisotopic (exact) mass is 461 g/mol. The van der Waals surface area contributed by atoms with Gasteiger partial charge in [0.25, 0.3) is 5.88 Å². The lowest BCUT2D eigenvalue weighted by Gasteiger charge is -2.22. The third kappa shape index (κ3) is 4.62. The van der Waals surface area contributed by atoms with Gasteiger partial charge in [0.1, 0.15) is 25.4 Å². The predicted octanol–water partition coefficient (Wildman–Crippen LogP) is 3.04. The first kappa shape index (κ1) is 22.0. The molecule has 34 heavy (non-hydrogen) atoms. The maximum absolute atomic E-state index is 9.64. The maximum atomic E-state index is 9.64. The van der Waals surface area contributed by atoms with E-state index in [4.69, 9.17) is 9.47 Å². The van der Waals surface area contributed by atoms with Gasteiger partial charge < -0.3 is 19.9 Å². The number of anilines is 1. The van der Waals surface area contributed by atoms with Crippen molar-refractivity contribution in [2.45, 2.75) is 38.8 Å². The van der Waals surface area contributed by atoms with E-state index in [2.05, 4.69) is 37.3 Å². The number of aliphatic hydroxyl groups excluding tert-OH is 1. The second-order valence-corrected chi connectivity index (χ2v) is 8.45. The van der Waals surface area contributed by atoms with Crippen molar-refractivity contribution in [3.63, 3.8) is 0 Å². The minimum Gasteiger partial charge on any atom is -0.484 e. The van der Waals surface area contributed by atoms with Crippen molar-refractivity contribution in [1.82, 2.24) is 29.7 Å². The van der Waals surface area contributed by atoms with Gasteiger partial charge in [-0.05, 0) is 31.4 Å². The first-order valence-corrected chi connectivity index (χ1v) is 11.4. The molecule has 2 atom stereocenters. The summed E-state index contributed by atoms with van der Waals surface area (Å²) in [5.74, 6) is 2.34. The molecule has 10 nitrogen and oxygen atoms in total. The van der Waals surface area contributed by atoms with Crippen LogP contribution in [-0.2, 0) is 6.54 Å². The largest absolute Gasteiger partial charge is 0.484 e. The number of ether oxygens (including phenoxy) is 2. The molecule has 5 rings (SSSR count). The molecule has 5 heterocycles. The SMILES string of the molecule is CC(CCNc1cc(-c2cnc3c(cnn3C[C@H](C)O)c2)ncn1)c1ccnc2c1OCCO2. The zero-order chi connectivity index (χ0) is 23.5. The molecule has 0 radical (unpaired) electrons. The lowest BCUT2D eigenvalue weighted by atomic mass is 9.97. The van der Waals surface area contributed by atoms with Crippen molar-refractivity contribution in [2.75, 3.05) is 25.1 Å². The Bertz CT molecular complexity index is 1290. The van der Waals surface area contributed by atoms with Gasteiger partial charge in [-0.3, -0.25) is 0 Å². The van der Waals surface area contributed by atoms with Crippen LogP contribution in [0.15, 0.2) is 43.1 Å². The highest BCUT2D eigenvalue weighted by molar-refractivity contribution is 5.80. The second-order valence-electron chi connectivity index (χ2n) is 8.45. The van der Waals surface area contributed by atoms with Crippen molar-refractivity contribution in [1.29, 1.82) is 0 Å². The van der Waals surface area contributed by atoms with Gasteiger partial charge in [0.2, 0.25) is 0 Å². The number of fused-ring (bicyclic) bond motifs is 2. The van der Waals surface area contributed by atoms with Crippen molar-refractivity contribution >= 4 is 16.9 Å². The Labute approximate surface area is 197 Å². The van der Waals surface area contributed by atoms with Crippen molar-refractivity contribution in [3.05, 3.63) is 48.7 Å². The Balaban J connectivity index is 1.25. The number of aliphatic hydroxyl groups is 1. The van der Waals surface area contributed by atoms with E-state index in [0.29, 0.717) is 25.6 Å². The van der Waals surface area contributed by atoms with Gasteiger partial charge in [0.05, 0.1) is 24.5 Å². The predicted molar refractivity (Wildman–Crippen MR) is 127 cm³/mol. The topological polar surface area (TPSA) is 120 Å². The first-order valence-electron chi connectivity index (χ1n) is 11.4. The molecule has 2 N–H and O–H groups in total. The Morgan fingerprint density at radius 3 is 2.85 bits per heavy atom. The summed E-state index contributed by atoms with van der Waals surface area (Å²) in [6.45, 7) is 6.10. The highest BCUT2D eigenvalue weighted by atomic mass is 16.6. The number of pyridine rings is 2. The molecular formula is C24H27N7O3. The van der Waals surface area contributed by atoms with E-state index in [-0.39, 0.29) is 5.92 Å². The molecule has 0 saturated heterocycles. The molecule has 0 aliphatic carbocycles. The third-order valence-electron chi connectivity index (χ3n) is 5.76. The average molecular weight is 462 g/mol. The maximum Gasteiger partial charge on any atom is 0.257 e. The summed E-state index contributed by atoms with van der Waals surface area (Å²) in [7, 11) is 0. The van der Waals surface area contributed by atoms with E-state index in [1.165, 1.54) is 0 Å². The molecule has 4 aromatic rings. The summed E-state index contributed by atoms with van der Waals surface area (Å²) in [6, 6.07) is 5.91. The Kier molecular flexibility index (Phi) is 6.22. The van der Waals surface area contributed by atoms with Crippen LogP contribution < -0.4 is 14.8 Å². The van der Waals surface area contributed by atoms with Crippen LogP contribution in [0.4, 0.5) is 5.82 Å². The summed E-state index contributed by atoms with van der Waals surface area (Å²) < 4.78 is 13.1. The molecule has 0 fully saturated rings. The Hall–Kier alpha value is -3.79. The number of hydrogen-bond acceptors (Lipinski definition) is 9. The van der Waals surface area contributed by atoms with Crippen LogP contribution >= 0.6 is 0 Å². The molecule has 0 aromatic carbocycles. The summed E-state index contributed by atoms with van der Waals surface area (Å²) in [6.07, 6.45) is 7.23. The van der Waals surface area contributed by atoms with E-state index < -0.39 is 6.10 Å². The fourth-order valence-electron chi connectivity index (χ4n) is 4.04. The minimum absolute atomic E-state index is 0.261. The fraction of sp³-hybridized carbons (Fsp3) is 0.375. The van der Waals surface area contributed by atoms with E-state index in [9.17, 15) is 5.11 Å². The van der Waals surface area contributed by atoms with Crippen LogP contribution in [0.25, 0.3) is 22.3 Å². The highest BCUT2D eigenvalue weighted by Crippen LogP contribution is 2.36. The average Bonchev–Trinajstić information content (AvgIpc) is 3.25. The molecule has 176 valence electrons. The van der Waals surface area contributed by atoms with Crippen molar-refractivity contribution in [2.24, 2.45) is 0 Å². The summed E-state index contributed by atoms with van der Waals surface area (Å²) >= 11 is 0. The van der Waals surface area contributed by atoms with Gasteiger partial charge in [-0.1, -0.05) is 6.92 Å². The molecule has 10 heteroatoms. The summed E-state index contributed by atoms with van der Waals surface area (Å²) in [5, 5.41) is 18.3. The van der Waals surface area contributed by atoms with Gasteiger partial charge in [-0.2, -0.15) is 5.10 Å². The van der Waals surface area contributed by atoms with Gasteiger partial charge in [0.15, 0.2) is 11.4 Å². The van der Waals surface area contributed by atoms with E-state index in [1.54, 1.807) is 36.5 Å². The molecule has 1 aliphatic heterocycles. The Morgan fingerprint density at radius 1 is 1.09 bits per heavy atom. The second kappa shape index (κ2) is 9.60. The number of nitrogens with zero attached hydrogens (tertiary/aromatic N) is 6. The molecular weight excluding hydrogens is 434 g/mol. The number of nitrogens with one attached hydrogen (secondary N) is 1. The molecule has 0 bridgehead atoms. The van der Waals surface area contributed by atoms with Gasteiger partial charge in [-0.15, -0.1) is 0 Å². The standard InChI is InChI=1S/C24H27N7O3/c1-15(19-4-6-26-24-22(19)33-7-8-34-24)3-5-25-21-10-20(28-14-29-21)17-9-18-12-30-31(13-16(2)32)23(18)27-11-17/h4,6,9-12,14-16,32H,3,5,7-8,13H2,1-2H3,(H,25,28,29)/t15?,16-/m0/s1. The van der Waals surface area contributed by atoms with Crippen LogP contribution in [0.3, 0.4) is 0 Å². The highest BCUT2D eigenvalue weighted by Gasteiger charge is 2.20. The number of rotatable bonds is 8. The van der Waals surface area contributed by atoms with Gasteiger partial charge >= 0.3 is 0 Å². The lowest BCUT2D eigenvalue weighted by Crippen LogP contribution is -2.18. The minimum atomic E-state index is -0.493. The van der Waals surface area contributed by atoms with Crippen LogP contribution in [0.2, 0.25) is 0 Å². The molecule has 1 aliphatic rings. The summed E-state index contributed by atoms with van der Waals surface area (Å²) in [4.78, 5) is 17.6. The molecule has 4 aromatic heterocycles. The van der Waals surface area contributed by atoms with Crippen LogP contribution in [-0.4, -0.2) is 60.7 Å². The normalized spacial score (nSPS) is 14.7. The van der Waals surface area contributed by atoms with Crippen LogP contribution in [0.5, 0.6) is 11.6 Å². The number of hydrogen-bond donors (Lipinski definition) is 2. The van der Waals surface area contributed by atoms with Gasteiger partial charge in [0, 0.05) is 41.5 Å². The molecule has 0 saturated carbocycles. The smallest absolute Gasteiger partial charge is 0.257 e. The zero-order valence-electron chi connectivity index (χ0n) is 19.2. The Morgan fingerprint density at radius 2 is 1.97 bits per heavy atom. The first-order chi connectivity index (χ1) is 16.6. The van der Waals surface area contributed by atoms with Crippen LogP contribution in [0.1, 0.15) is 31.7 Å². The lowest BCUT2D eigenvalue weighted by molar-refractivity contribution is 0.162. The molecule has 1 unspecified atom stereocenters. The molecule has 0 spiro atoms. The van der Waals surface area contributed by atoms with Crippen molar-refractivity contribution in [3.8, 4) is 22.9 Å². The van der Waals surface area contributed by atoms with E-state index in [0.717, 1.165) is 52.4 Å². The van der Waals surface area contributed by atoms with E-state index >= 15 is 0 Å². The van der Waals surface area contributed by atoms with Gasteiger partial charge in [-0.25, -0.2) is 24.6 Å². The number of aromatic nitrogens is 6. The quantitative estimate of drug-likeness (QED) is 0.408. The van der Waals surface area contributed by atoms with Crippen LogP contribution in [0, 0.1) is 0 Å². The zero-order valence-corrected chi connectivity index (χ0v) is 19.2. The van der Waals surface area contributed by atoms with Crippen molar-refractivity contribution < 1.29 is 14.6 Å². The summed E-state index contributed by atoms with van der Waals surface area (Å²) in [5.41, 5.74) is 3.49. The van der Waals surface area contributed by atoms with E-state index in [1.807, 2.05) is 18.2 Å². The third-order valence-corrected chi connectivity index (χ3v) is 5.76.